The van der Waals surface area contributed by atoms with Crippen LogP contribution in [0.2, 0.25) is 0 Å². The molecule has 3 heterocycles. The number of aliphatic hydroxyl groups is 1. The molecule has 0 saturated carbocycles. The number of hydrogen-bond acceptors (Lipinski definition) is 4. The van der Waals surface area contributed by atoms with Gasteiger partial charge in [-0.25, -0.2) is 0 Å². The highest BCUT2D eigenvalue weighted by atomic mass is 16.3. The Balaban J connectivity index is 1.75. The second kappa shape index (κ2) is 4.96. The molecule has 3 rings (SSSR count). The number of nitrogens with zero attached hydrogens (tertiary/aromatic N) is 3. The van der Waals surface area contributed by atoms with Gasteiger partial charge in [0.05, 0.1) is 30.5 Å². The van der Waals surface area contributed by atoms with Crippen molar-refractivity contribution in [2.24, 2.45) is 0 Å². The number of furan rings is 1. The zero-order valence-corrected chi connectivity index (χ0v) is 10.2. The summed E-state index contributed by atoms with van der Waals surface area (Å²) < 4.78 is 7.12. The second-order valence-corrected chi connectivity index (χ2v) is 4.70. The van der Waals surface area contributed by atoms with Gasteiger partial charge < -0.3 is 9.52 Å². The fraction of sp³-hybridized carbons (Fsp3) is 0.462. The molecule has 18 heavy (non-hydrogen) atoms. The average molecular weight is 247 g/mol. The van der Waals surface area contributed by atoms with Crippen molar-refractivity contribution in [3.05, 3.63) is 41.6 Å². The summed E-state index contributed by atoms with van der Waals surface area (Å²) in [5.74, 6) is 0. The van der Waals surface area contributed by atoms with Gasteiger partial charge in [0.15, 0.2) is 0 Å². The van der Waals surface area contributed by atoms with E-state index >= 15 is 0 Å². The SMILES string of the molecule is OCc1cc2n(n1)CCCN(Cc1ccoc1)C2. The molecule has 1 aliphatic heterocycles. The molecule has 1 N–H and O–H groups in total. The molecular weight excluding hydrogens is 230 g/mol. The molecule has 0 amide bonds. The normalized spacial score (nSPS) is 16.5. The van der Waals surface area contributed by atoms with E-state index < -0.39 is 0 Å². The van der Waals surface area contributed by atoms with Crippen molar-refractivity contribution >= 4 is 0 Å². The maximum atomic E-state index is 9.13. The molecule has 5 heteroatoms. The summed E-state index contributed by atoms with van der Waals surface area (Å²) in [7, 11) is 0. The Morgan fingerprint density at radius 1 is 1.39 bits per heavy atom. The molecule has 1 aliphatic rings. The van der Waals surface area contributed by atoms with Crippen LogP contribution in [-0.2, 0) is 26.2 Å². The number of aromatic nitrogens is 2. The van der Waals surface area contributed by atoms with E-state index in [4.69, 9.17) is 9.52 Å². The summed E-state index contributed by atoms with van der Waals surface area (Å²) >= 11 is 0. The number of fused-ring (bicyclic) bond motifs is 1. The van der Waals surface area contributed by atoms with E-state index in [1.165, 1.54) is 11.3 Å². The highest BCUT2D eigenvalue weighted by Gasteiger charge is 2.16. The molecule has 0 saturated heterocycles. The summed E-state index contributed by atoms with van der Waals surface area (Å²) in [6.07, 6.45) is 4.58. The molecule has 0 aromatic carbocycles. The van der Waals surface area contributed by atoms with E-state index in [2.05, 4.69) is 10.00 Å². The summed E-state index contributed by atoms with van der Waals surface area (Å²) in [5, 5.41) is 13.5. The van der Waals surface area contributed by atoms with Crippen molar-refractivity contribution < 1.29 is 9.52 Å². The van der Waals surface area contributed by atoms with Crippen LogP contribution in [0.4, 0.5) is 0 Å². The van der Waals surface area contributed by atoms with Gasteiger partial charge >= 0.3 is 0 Å². The van der Waals surface area contributed by atoms with E-state index in [0.717, 1.165) is 38.3 Å². The molecule has 0 radical (unpaired) electrons. The third-order valence-electron chi connectivity index (χ3n) is 3.29. The van der Waals surface area contributed by atoms with Crippen molar-refractivity contribution in [3.63, 3.8) is 0 Å². The quantitative estimate of drug-likeness (QED) is 0.890. The van der Waals surface area contributed by atoms with Crippen molar-refractivity contribution in [2.75, 3.05) is 6.54 Å². The molecule has 0 spiro atoms. The Bertz CT molecular complexity index is 504. The molecule has 0 bridgehead atoms. The van der Waals surface area contributed by atoms with Crippen LogP contribution in [0.25, 0.3) is 0 Å². The Morgan fingerprint density at radius 2 is 2.33 bits per heavy atom. The number of aliphatic hydroxyl groups excluding tert-OH is 1. The summed E-state index contributed by atoms with van der Waals surface area (Å²) in [6, 6.07) is 4.00. The maximum absolute atomic E-state index is 9.13. The van der Waals surface area contributed by atoms with Gasteiger partial charge in [0, 0.05) is 31.7 Å². The van der Waals surface area contributed by atoms with Crippen LogP contribution in [0.5, 0.6) is 0 Å². The van der Waals surface area contributed by atoms with Gasteiger partial charge in [-0.3, -0.25) is 9.58 Å². The van der Waals surface area contributed by atoms with E-state index in [1.54, 1.807) is 12.5 Å². The Labute approximate surface area is 106 Å². The number of rotatable bonds is 3. The lowest BCUT2D eigenvalue weighted by Gasteiger charge is -2.18. The van der Waals surface area contributed by atoms with Crippen LogP contribution in [0, 0.1) is 0 Å². The minimum Gasteiger partial charge on any atom is -0.472 e. The fourth-order valence-electron chi connectivity index (χ4n) is 2.44. The highest BCUT2D eigenvalue weighted by molar-refractivity contribution is 5.11. The molecule has 0 unspecified atom stereocenters. The van der Waals surface area contributed by atoms with Crippen molar-refractivity contribution in [1.29, 1.82) is 0 Å². The van der Waals surface area contributed by atoms with Crippen LogP contribution in [0.3, 0.4) is 0 Å². The Morgan fingerprint density at radius 3 is 3.11 bits per heavy atom. The van der Waals surface area contributed by atoms with Gasteiger partial charge in [0.2, 0.25) is 0 Å². The fourth-order valence-corrected chi connectivity index (χ4v) is 2.44. The Kier molecular flexibility index (Phi) is 3.17. The van der Waals surface area contributed by atoms with Gasteiger partial charge in [0.25, 0.3) is 0 Å². The summed E-state index contributed by atoms with van der Waals surface area (Å²) in [6.45, 7) is 3.77. The Hall–Kier alpha value is -1.59. The predicted molar refractivity (Wildman–Crippen MR) is 65.6 cm³/mol. The largest absolute Gasteiger partial charge is 0.472 e. The lowest BCUT2D eigenvalue weighted by molar-refractivity contribution is 0.259. The second-order valence-electron chi connectivity index (χ2n) is 4.70. The summed E-state index contributed by atoms with van der Waals surface area (Å²) in [5.41, 5.74) is 3.14. The molecule has 2 aromatic heterocycles. The van der Waals surface area contributed by atoms with Crippen LogP contribution >= 0.6 is 0 Å². The highest BCUT2D eigenvalue weighted by Crippen LogP contribution is 2.16. The zero-order valence-electron chi connectivity index (χ0n) is 10.2. The molecule has 0 fully saturated rings. The number of aryl methyl sites for hydroxylation is 1. The summed E-state index contributed by atoms with van der Waals surface area (Å²) in [4.78, 5) is 2.38. The number of hydrogen-bond donors (Lipinski definition) is 1. The van der Waals surface area contributed by atoms with E-state index in [0.29, 0.717) is 0 Å². The van der Waals surface area contributed by atoms with Gasteiger partial charge in [-0.15, -0.1) is 0 Å². The van der Waals surface area contributed by atoms with Crippen molar-refractivity contribution in [1.82, 2.24) is 14.7 Å². The molecule has 2 aromatic rings. The van der Waals surface area contributed by atoms with Gasteiger partial charge in [-0.1, -0.05) is 0 Å². The van der Waals surface area contributed by atoms with Crippen LogP contribution in [-0.4, -0.2) is 26.3 Å². The minimum absolute atomic E-state index is 0.0156. The molecule has 0 atom stereocenters. The van der Waals surface area contributed by atoms with Crippen LogP contribution in [0.1, 0.15) is 23.4 Å². The van der Waals surface area contributed by atoms with Crippen molar-refractivity contribution in [2.45, 2.75) is 32.7 Å². The standard InChI is InChI=1S/C13H17N3O2/c17-9-12-6-13-8-15(3-1-4-16(13)14-12)7-11-2-5-18-10-11/h2,5-6,10,17H,1,3-4,7-9H2. The minimum atomic E-state index is 0.0156. The first-order valence-corrected chi connectivity index (χ1v) is 6.25. The molecule has 5 nitrogen and oxygen atoms in total. The first-order valence-electron chi connectivity index (χ1n) is 6.25. The molecule has 0 aliphatic carbocycles. The van der Waals surface area contributed by atoms with Gasteiger partial charge in [-0.2, -0.15) is 5.10 Å². The van der Waals surface area contributed by atoms with Crippen LogP contribution < -0.4 is 0 Å². The molecule has 96 valence electrons. The molecular formula is C13H17N3O2. The topological polar surface area (TPSA) is 54.4 Å². The van der Waals surface area contributed by atoms with Gasteiger partial charge in [0.1, 0.15) is 0 Å². The predicted octanol–water partition coefficient (Wildman–Crippen LogP) is 1.37. The first-order chi connectivity index (χ1) is 8.85. The van der Waals surface area contributed by atoms with E-state index in [1.807, 2.05) is 16.8 Å². The van der Waals surface area contributed by atoms with E-state index in [9.17, 15) is 0 Å². The first kappa shape index (κ1) is 11.5. The lowest BCUT2D eigenvalue weighted by atomic mass is 10.2. The van der Waals surface area contributed by atoms with Crippen LogP contribution in [0.15, 0.2) is 29.1 Å². The zero-order chi connectivity index (χ0) is 12.4. The third-order valence-corrected chi connectivity index (χ3v) is 3.29. The smallest absolute Gasteiger partial charge is 0.0947 e. The van der Waals surface area contributed by atoms with E-state index in [-0.39, 0.29) is 6.61 Å². The van der Waals surface area contributed by atoms with Crippen molar-refractivity contribution in [3.8, 4) is 0 Å². The third kappa shape index (κ3) is 2.32. The average Bonchev–Trinajstić information content (AvgIpc) is 2.96. The lowest BCUT2D eigenvalue weighted by Crippen LogP contribution is -2.22. The van der Waals surface area contributed by atoms with Gasteiger partial charge in [-0.05, 0) is 18.6 Å². The maximum Gasteiger partial charge on any atom is 0.0947 e. The monoisotopic (exact) mass is 247 g/mol.